The lowest BCUT2D eigenvalue weighted by Crippen LogP contribution is -2.43. The van der Waals surface area contributed by atoms with Gasteiger partial charge in [0.25, 0.3) is 11.8 Å². The number of nitrogens with zero attached hydrogens (tertiary/aromatic N) is 3. The highest BCUT2D eigenvalue weighted by molar-refractivity contribution is 6.37. The van der Waals surface area contributed by atoms with E-state index in [4.69, 9.17) is 0 Å². The zero-order valence-electron chi connectivity index (χ0n) is 30.4. The Kier molecular flexibility index (Phi) is 25.7. The second kappa shape index (κ2) is 27.9. The second-order valence-corrected chi connectivity index (χ2v) is 13.5. The lowest BCUT2D eigenvalue weighted by molar-refractivity contribution is -0.137. The SMILES string of the molecule is C.C1CCCCC1.CC(C)C.CCC.O=C(CNC(=O)c1cnccn1)NCC(=O)N1CC2CCCC2C1.O=CNCC(=O)C(=O)NC1CC1. The summed E-state index contributed by atoms with van der Waals surface area (Å²) in [6.07, 6.45) is 20.4. The molecule has 284 valence electrons. The van der Waals surface area contributed by atoms with E-state index in [2.05, 4.69) is 65.9 Å². The smallest absolute Gasteiger partial charge is 0.289 e. The Bertz CT molecular complexity index is 1100. The molecule has 0 aromatic carbocycles. The highest BCUT2D eigenvalue weighted by Crippen LogP contribution is 2.37. The Morgan fingerprint density at radius 1 is 0.820 bits per heavy atom. The van der Waals surface area contributed by atoms with E-state index in [9.17, 15) is 28.8 Å². The van der Waals surface area contributed by atoms with Crippen molar-refractivity contribution in [2.24, 2.45) is 17.8 Å². The first-order chi connectivity index (χ1) is 23.5. The van der Waals surface area contributed by atoms with Crippen LogP contribution in [0.4, 0.5) is 0 Å². The summed E-state index contributed by atoms with van der Waals surface area (Å²) in [5.74, 6) is -0.0392. The van der Waals surface area contributed by atoms with Gasteiger partial charge in [0.2, 0.25) is 24.0 Å². The van der Waals surface area contributed by atoms with Gasteiger partial charge in [-0.2, -0.15) is 0 Å². The number of carbonyl (C=O) groups excluding carboxylic acids is 6. The van der Waals surface area contributed by atoms with Crippen molar-refractivity contribution in [3.05, 3.63) is 24.3 Å². The molecule has 13 heteroatoms. The van der Waals surface area contributed by atoms with Gasteiger partial charge in [-0.15, -0.1) is 0 Å². The van der Waals surface area contributed by atoms with Gasteiger partial charge in [-0.05, 0) is 43.4 Å². The second-order valence-electron chi connectivity index (χ2n) is 13.5. The summed E-state index contributed by atoms with van der Waals surface area (Å²) < 4.78 is 0. The molecule has 4 aliphatic rings. The molecule has 2 unspecified atom stereocenters. The van der Waals surface area contributed by atoms with E-state index < -0.39 is 23.5 Å². The van der Waals surface area contributed by atoms with Crippen molar-refractivity contribution in [1.29, 1.82) is 0 Å². The lowest BCUT2D eigenvalue weighted by Gasteiger charge is -2.17. The molecule has 0 radical (unpaired) electrons. The molecule has 3 aliphatic carbocycles. The van der Waals surface area contributed by atoms with Gasteiger partial charge in [-0.3, -0.25) is 33.8 Å². The molecule has 1 aromatic rings. The lowest BCUT2D eigenvalue weighted by atomic mass is 10.0. The average Bonchev–Trinajstić information content (AvgIpc) is 3.65. The van der Waals surface area contributed by atoms with Crippen LogP contribution in [0, 0.1) is 17.8 Å². The predicted molar refractivity (Wildman–Crippen MR) is 196 cm³/mol. The Hall–Kier alpha value is -3.90. The van der Waals surface area contributed by atoms with Crippen molar-refractivity contribution in [2.75, 3.05) is 32.7 Å². The molecule has 0 spiro atoms. The molecular weight excluding hydrogens is 638 g/mol. The number of Topliss-reactive ketones (excluding diaryl/α,β-unsaturated/α-hetero) is 1. The maximum Gasteiger partial charge on any atom is 0.289 e. The van der Waals surface area contributed by atoms with Crippen LogP contribution in [-0.4, -0.2) is 89.5 Å². The number of aromatic nitrogens is 2. The normalized spacial score (nSPS) is 18.2. The first kappa shape index (κ1) is 46.1. The first-order valence-electron chi connectivity index (χ1n) is 18.1. The topological polar surface area (TPSA) is 180 Å². The summed E-state index contributed by atoms with van der Waals surface area (Å²) in [5, 5.41) is 9.65. The largest absolute Gasteiger partial charge is 0.351 e. The monoisotopic (exact) mass is 703 g/mol. The standard InChI is InChI=1S/C16H21N5O3.C7H10N2O3.C6H12.C4H10.C3H8.CH4/c22-14(7-20-16(24)13-6-17-4-5-18-13)19-8-15(23)21-9-11-2-1-3-12(11)10-21;10-4-8-3-6(11)7(12)9-5-1-2-5;1-2-4-6-5-3-1;1-4(2)3;1-3-2;/h4-6,11-12H,1-3,7-10H2,(H,19,22)(H,20,24);4-5H,1-3H2,(H,8,10)(H,9,12);1-6H2;4H,1-3H3;3H2,1-2H3;1H4. The Labute approximate surface area is 300 Å². The Balaban J connectivity index is 0.000000764. The molecule has 3 saturated carbocycles. The summed E-state index contributed by atoms with van der Waals surface area (Å²) in [4.78, 5) is 76.6. The number of rotatable bonds is 10. The third-order valence-corrected chi connectivity index (χ3v) is 7.73. The zero-order chi connectivity index (χ0) is 36.4. The quantitative estimate of drug-likeness (QED) is 0.207. The molecule has 5 rings (SSSR count). The number of amides is 5. The number of carbonyl (C=O) groups is 6. The molecule has 13 nitrogen and oxygen atoms in total. The van der Waals surface area contributed by atoms with Crippen molar-refractivity contribution in [3.8, 4) is 0 Å². The van der Waals surface area contributed by atoms with E-state index in [1.54, 1.807) is 0 Å². The predicted octanol–water partition coefficient (Wildman–Crippen LogP) is 4.22. The van der Waals surface area contributed by atoms with Gasteiger partial charge in [0.15, 0.2) is 0 Å². The molecular formula is C37H65N7O6. The van der Waals surface area contributed by atoms with Crippen molar-refractivity contribution in [3.63, 3.8) is 0 Å². The molecule has 0 bridgehead atoms. The Morgan fingerprint density at radius 3 is 1.82 bits per heavy atom. The van der Waals surface area contributed by atoms with Crippen LogP contribution in [0.25, 0.3) is 0 Å². The van der Waals surface area contributed by atoms with Crippen molar-refractivity contribution >= 4 is 35.8 Å². The fourth-order valence-electron chi connectivity index (χ4n) is 5.22. The highest BCUT2D eigenvalue weighted by Gasteiger charge is 2.37. The summed E-state index contributed by atoms with van der Waals surface area (Å²) in [5.41, 5.74) is 0.144. The van der Waals surface area contributed by atoms with Crippen LogP contribution in [0.1, 0.15) is 130 Å². The molecule has 1 aliphatic heterocycles. The minimum atomic E-state index is -0.605. The maximum atomic E-state index is 12.1. The van der Waals surface area contributed by atoms with Crippen LogP contribution in [0.5, 0.6) is 0 Å². The van der Waals surface area contributed by atoms with Gasteiger partial charge in [0.1, 0.15) is 5.69 Å². The van der Waals surface area contributed by atoms with Crippen LogP contribution in [0.3, 0.4) is 0 Å². The summed E-state index contributed by atoms with van der Waals surface area (Å²) in [7, 11) is 0. The van der Waals surface area contributed by atoms with Gasteiger partial charge in [0, 0.05) is 31.5 Å². The number of likely N-dealkylation sites (tertiary alicyclic amines) is 1. The Morgan fingerprint density at radius 2 is 1.36 bits per heavy atom. The highest BCUT2D eigenvalue weighted by atomic mass is 16.2. The van der Waals surface area contributed by atoms with E-state index >= 15 is 0 Å². The molecule has 2 atom stereocenters. The van der Waals surface area contributed by atoms with E-state index in [0.717, 1.165) is 31.8 Å². The van der Waals surface area contributed by atoms with Crippen LogP contribution >= 0.6 is 0 Å². The average molecular weight is 704 g/mol. The summed E-state index contributed by atoms with van der Waals surface area (Å²) in [6.45, 7) is 11.9. The molecule has 1 saturated heterocycles. The number of fused-ring (bicyclic) bond motifs is 1. The van der Waals surface area contributed by atoms with E-state index in [1.807, 2.05) is 4.90 Å². The fraction of sp³-hybridized carbons (Fsp3) is 0.730. The van der Waals surface area contributed by atoms with E-state index in [1.165, 1.54) is 82.8 Å². The van der Waals surface area contributed by atoms with Gasteiger partial charge >= 0.3 is 0 Å². The number of hydrogen-bond acceptors (Lipinski definition) is 8. The minimum Gasteiger partial charge on any atom is -0.351 e. The van der Waals surface area contributed by atoms with Crippen molar-refractivity contribution in [1.82, 2.24) is 36.1 Å². The van der Waals surface area contributed by atoms with E-state index in [-0.39, 0.29) is 44.7 Å². The van der Waals surface area contributed by atoms with Crippen molar-refractivity contribution in [2.45, 2.75) is 125 Å². The van der Waals surface area contributed by atoms with Crippen LogP contribution in [0.15, 0.2) is 18.6 Å². The maximum absolute atomic E-state index is 12.1. The first-order valence-corrected chi connectivity index (χ1v) is 18.1. The molecule has 2 heterocycles. The molecule has 1 aromatic heterocycles. The van der Waals surface area contributed by atoms with Gasteiger partial charge in [0.05, 0.1) is 25.8 Å². The number of nitrogens with one attached hydrogen (secondary N) is 4. The number of ketones is 1. The molecule has 5 amide bonds. The van der Waals surface area contributed by atoms with Crippen LogP contribution < -0.4 is 21.3 Å². The third kappa shape index (κ3) is 21.9. The van der Waals surface area contributed by atoms with Gasteiger partial charge in [-0.25, -0.2) is 4.98 Å². The summed E-state index contributed by atoms with van der Waals surface area (Å²) in [6, 6.07) is 0.178. The molecule has 50 heavy (non-hydrogen) atoms. The van der Waals surface area contributed by atoms with E-state index in [0.29, 0.717) is 18.2 Å². The fourth-order valence-corrected chi connectivity index (χ4v) is 5.22. The van der Waals surface area contributed by atoms with Gasteiger partial charge < -0.3 is 26.2 Å². The molecule has 4 N–H and O–H groups in total. The molecule has 4 fully saturated rings. The van der Waals surface area contributed by atoms with Crippen LogP contribution in [0.2, 0.25) is 0 Å². The van der Waals surface area contributed by atoms with Crippen LogP contribution in [-0.2, 0) is 24.0 Å². The zero-order valence-corrected chi connectivity index (χ0v) is 30.4. The summed E-state index contributed by atoms with van der Waals surface area (Å²) >= 11 is 0. The van der Waals surface area contributed by atoms with Gasteiger partial charge in [-0.1, -0.05) is 93.4 Å². The third-order valence-electron chi connectivity index (χ3n) is 7.73. The van der Waals surface area contributed by atoms with Crippen molar-refractivity contribution < 1.29 is 28.8 Å². The minimum absolute atomic E-state index is 0. The number of hydrogen-bond donors (Lipinski definition) is 4.